The summed E-state index contributed by atoms with van der Waals surface area (Å²) in [5, 5.41) is 14.6. The van der Waals surface area contributed by atoms with Crippen molar-refractivity contribution in [1.29, 1.82) is 0 Å². The SMILES string of the molecule is CCC(C)(C)NC(=O)Cn1nnc(-c2cccc(F)c2)n1. The fraction of sp³-hybridized carbons (Fsp3) is 0.429. The average Bonchev–Trinajstić information content (AvgIpc) is 2.86. The molecule has 0 unspecified atom stereocenters. The topological polar surface area (TPSA) is 72.7 Å². The number of nitrogens with zero attached hydrogens (tertiary/aromatic N) is 4. The summed E-state index contributed by atoms with van der Waals surface area (Å²) in [5.41, 5.74) is 0.249. The maximum atomic E-state index is 13.1. The summed E-state index contributed by atoms with van der Waals surface area (Å²) in [6.07, 6.45) is 0.818. The lowest BCUT2D eigenvalue weighted by Crippen LogP contribution is -2.44. The summed E-state index contributed by atoms with van der Waals surface area (Å²) < 4.78 is 13.1. The van der Waals surface area contributed by atoms with Gasteiger partial charge in [-0.25, -0.2) is 4.39 Å². The standard InChI is InChI=1S/C14H18FN5O/c1-4-14(2,3)16-12(21)9-20-18-13(17-19-20)10-6-5-7-11(15)8-10/h5-8H,4,9H2,1-3H3,(H,16,21). The van der Waals surface area contributed by atoms with Gasteiger partial charge in [0.25, 0.3) is 0 Å². The number of rotatable bonds is 5. The second kappa shape index (κ2) is 5.99. The van der Waals surface area contributed by atoms with Crippen molar-refractivity contribution in [2.75, 3.05) is 0 Å². The van der Waals surface area contributed by atoms with E-state index in [1.807, 2.05) is 20.8 Å². The lowest BCUT2D eigenvalue weighted by Gasteiger charge is -2.24. The molecular formula is C14H18FN5O. The molecule has 0 fully saturated rings. The van der Waals surface area contributed by atoms with Gasteiger partial charge in [0.15, 0.2) is 0 Å². The van der Waals surface area contributed by atoms with Crippen molar-refractivity contribution in [2.24, 2.45) is 0 Å². The normalized spacial score (nSPS) is 11.4. The van der Waals surface area contributed by atoms with Crippen LogP contribution in [0.5, 0.6) is 0 Å². The molecule has 2 aromatic rings. The number of carbonyl (C=O) groups is 1. The van der Waals surface area contributed by atoms with Crippen LogP contribution in [0.25, 0.3) is 11.4 Å². The van der Waals surface area contributed by atoms with Crippen LogP contribution in [0.3, 0.4) is 0 Å². The number of benzene rings is 1. The molecule has 0 radical (unpaired) electrons. The third-order valence-electron chi connectivity index (χ3n) is 3.18. The highest BCUT2D eigenvalue weighted by Gasteiger charge is 2.18. The molecule has 0 aliphatic carbocycles. The van der Waals surface area contributed by atoms with Gasteiger partial charge in [0.2, 0.25) is 11.7 Å². The van der Waals surface area contributed by atoms with Gasteiger partial charge in [-0.3, -0.25) is 4.79 Å². The van der Waals surface area contributed by atoms with E-state index in [0.29, 0.717) is 5.56 Å². The zero-order chi connectivity index (χ0) is 15.5. The zero-order valence-corrected chi connectivity index (χ0v) is 12.3. The van der Waals surface area contributed by atoms with E-state index in [1.54, 1.807) is 12.1 Å². The molecule has 1 N–H and O–H groups in total. The van der Waals surface area contributed by atoms with Gasteiger partial charge < -0.3 is 5.32 Å². The van der Waals surface area contributed by atoms with Crippen molar-refractivity contribution in [1.82, 2.24) is 25.5 Å². The Labute approximate surface area is 122 Å². The minimum atomic E-state index is -0.369. The molecule has 1 aromatic heterocycles. The molecule has 0 atom stereocenters. The molecule has 2 rings (SSSR count). The van der Waals surface area contributed by atoms with E-state index in [2.05, 4.69) is 20.7 Å². The van der Waals surface area contributed by atoms with Crippen LogP contribution in [-0.2, 0) is 11.3 Å². The quantitative estimate of drug-likeness (QED) is 0.911. The van der Waals surface area contributed by atoms with E-state index >= 15 is 0 Å². The first-order valence-corrected chi connectivity index (χ1v) is 6.74. The number of carbonyl (C=O) groups excluding carboxylic acids is 1. The molecule has 0 aliphatic rings. The first-order chi connectivity index (χ1) is 9.89. The molecule has 6 nitrogen and oxygen atoms in total. The second-order valence-corrected chi connectivity index (χ2v) is 5.44. The summed E-state index contributed by atoms with van der Waals surface area (Å²) in [4.78, 5) is 13.1. The van der Waals surface area contributed by atoms with Crippen molar-refractivity contribution < 1.29 is 9.18 Å². The average molecular weight is 291 g/mol. The van der Waals surface area contributed by atoms with Crippen LogP contribution in [0.2, 0.25) is 0 Å². The number of hydrogen-bond acceptors (Lipinski definition) is 4. The van der Waals surface area contributed by atoms with Crippen LogP contribution in [0, 0.1) is 5.82 Å². The molecule has 21 heavy (non-hydrogen) atoms. The van der Waals surface area contributed by atoms with Crippen molar-refractivity contribution in [3.05, 3.63) is 30.1 Å². The molecule has 0 aliphatic heterocycles. The van der Waals surface area contributed by atoms with E-state index in [-0.39, 0.29) is 29.6 Å². The van der Waals surface area contributed by atoms with Gasteiger partial charge in [-0.05, 0) is 37.6 Å². The highest BCUT2D eigenvalue weighted by molar-refractivity contribution is 5.76. The largest absolute Gasteiger partial charge is 0.350 e. The van der Waals surface area contributed by atoms with Crippen LogP contribution in [0.4, 0.5) is 4.39 Å². The Balaban J connectivity index is 2.05. The first kappa shape index (κ1) is 15.1. The Bertz CT molecular complexity index is 638. The van der Waals surface area contributed by atoms with E-state index in [9.17, 15) is 9.18 Å². The summed E-state index contributed by atoms with van der Waals surface area (Å²) in [6.45, 7) is 5.86. The number of amides is 1. The fourth-order valence-electron chi connectivity index (χ4n) is 1.69. The summed E-state index contributed by atoms with van der Waals surface area (Å²) in [7, 11) is 0. The van der Waals surface area contributed by atoms with Crippen LogP contribution >= 0.6 is 0 Å². The van der Waals surface area contributed by atoms with E-state index < -0.39 is 0 Å². The third-order valence-corrected chi connectivity index (χ3v) is 3.18. The Morgan fingerprint density at radius 2 is 2.19 bits per heavy atom. The van der Waals surface area contributed by atoms with Crippen LogP contribution in [-0.4, -0.2) is 31.7 Å². The summed E-state index contributed by atoms with van der Waals surface area (Å²) >= 11 is 0. The molecule has 7 heteroatoms. The third kappa shape index (κ3) is 4.08. The van der Waals surface area contributed by atoms with E-state index in [1.165, 1.54) is 16.9 Å². The maximum absolute atomic E-state index is 13.1. The number of hydrogen-bond donors (Lipinski definition) is 1. The second-order valence-electron chi connectivity index (χ2n) is 5.44. The first-order valence-electron chi connectivity index (χ1n) is 6.74. The predicted molar refractivity (Wildman–Crippen MR) is 75.7 cm³/mol. The van der Waals surface area contributed by atoms with Crippen LogP contribution in [0.15, 0.2) is 24.3 Å². The fourth-order valence-corrected chi connectivity index (χ4v) is 1.69. The van der Waals surface area contributed by atoms with Gasteiger partial charge in [0, 0.05) is 11.1 Å². The zero-order valence-electron chi connectivity index (χ0n) is 12.3. The summed E-state index contributed by atoms with van der Waals surface area (Å²) in [6, 6.07) is 5.92. The monoisotopic (exact) mass is 291 g/mol. The minimum absolute atomic E-state index is 0.0221. The molecule has 0 saturated heterocycles. The van der Waals surface area contributed by atoms with Gasteiger partial charge in [-0.15, -0.1) is 10.2 Å². The van der Waals surface area contributed by atoms with E-state index in [4.69, 9.17) is 0 Å². The Morgan fingerprint density at radius 3 is 2.86 bits per heavy atom. The lowest BCUT2D eigenvalue weighted by atomic mass is 10.0. The number of halogens is 1. The molecule has 0 saturated carbocycles. The molecule has 1 aromatic carbocycles. The van der Waals surface area contributed by atoms with Gasteiger partial charge in [0.1, 0.15) is 12.4 Å². The van der Waals surface area contributed by atoms with Gasteiger partial charge in [0.05, 0.1) is 0 Å². The Hall–Kier alpha value is -2.31. The van der Waals surface area contributed by atoms with E-state index in [0.717, 1.165) is 6.42 Å². The Morgan fingerprint density at radius 1 is 1.43 bits per heavy atom. The molecule has 0 spiro atoms. The van der Waals surface area contributed by atoms with Gasteiger partial charge in [-0.1, -0.05) is 19.1 Å². The highest BCUT2D eigenvalue weighted by atomic mass is 19.1. The molecule has 1 heterocycles. The predicted octanol–water partition coefficient (Wildman–Crippen LogP) is 1.78. The summed E-state index contributed by atoms with van der Waals surface area (Å²) in [5.74, 6) is -0.270. The van der Waals surface area contributed by atoms with Crippen molar-refractivity contribution in [3.63, 3.8) is 0 Å². The Kier molecular flexibility index (Phi) is 4.30. The molecular weight excluding hydrogens is 273 g/mol. The number of nitrogens with one attached hydrogen (secondary N) is 1. The van der Waals surface area contributed by atoms with Gasteiger partial charge >= 0.3 is 0 Å². The smallest absolute Gasteiger partial charge is 0.244 e. The number of tetrazole rings is 1. The van der Waals surface area contributed by atoms with Crippen LogP contribution < -0.4 is 5.32 Å². The molecule has 112 valence electrons. The number of aromatic nitrogens is 4. The van der Waals surface area contributed by atoms with Crippen LogP contribution in [0.1, 0.15) is 27.2 Å². The van der Waals surface area contributed by atoms with Gasteiger partial charge in [-0.2, -0.15) is 4.80 Å². The molecule has 0 bridgehead atoms. The van der Waals surface area contributed by atoms with Crippen molar-refractivity contribution in [3.8, 4) is 11.4 Å². The van der Waals surface area contributed by atoms with Crippen molar-refractivity contribution >= 4 is 5.91 Å². The van der Waals surface area contributed by atoms with Crippen molar-refractivity contribution in [2.45, 2.75) is 39.3 Å². The lowest BCUT2D eigenvalue weighted by molar-refractivity contribution is -0.123. The highest BCUT2D eigenvalue weighted by Crippen LogP contribution is 2.14. The minimum Gasteiger partial charge on any atom is -0.350 e. The molecule has 1 amide bonds. The maximum Gasteiger partial charge on any atom is 0.244 e.